The number of hydrogen-bond acceptors (Lipinski definition) is 2. The van der Waals surface area contributed by atoms with Gasteiger partial charge in [0.25, 0.3) is 0 Å². The first-order valence-corrected chi connectivity index (χ1v) is 7.69. The summed E-state index contributed by atoms with van der Waals surface area (Å²) in [4.78, 5) is 0. The van der Waals surface area contributed by atoms with Gasteiger partial charge in [-0.05, 0) is 49.9 Å². The minimum atomic E-state index is 0.458. The van der Waals surface area contributed by atoms with E-state index in [1.54, 1.807) is 0 Å². The number of benzene rings is 1. The van der Waals surface area contributed by atoms with Crippen molar-refractivity contribution in [2.24, 2.45) is 0 Å². The molecule has 0 aromatic heterocycles. The van der Waals surface area contributed by atoms with Crippen molar-refractivity contribution in [3.63, 3.8) is 0 Å². The average molecular weight is 312 g/mol. The smallest absolute Gasteiger partial charge is 0.0588 e. The van der Waals surface area contributed by atoms with E-state index in [0.717, 1.165) is 30.5 Å². The Kier molecular flexibility index (Phi) is 5.67. The molecule has 18 heavy (non-hydrogen) atoms. The second kappa shape index (κ2) is 7.27. The van der Waals surface area contributed by atoms with Crippen molar-refractivity contribution in [1.82, 2.24) is 5.32 Å². The van der Waals surface area contributed by atoms with Gasteiger partial charge in [-0.2, -0.15) is 0 Å². The zero-order valence-corrected chi connectivity index (χ0v) is 12.6. The van der Waals surface area contributed by atoms with Crippen LogP contribution < -0.4 is 5.32 Å². The van der Waals surface area contributed by atoms with Gasteiger partial charge in [-0.25, -0.2) is 0 Å². The summed E-state index contributed by atoms with van der Waals surface area (Å²) in [6, 6.07) is 9.06. The monoisotopic (exact) mass is 311 g/mol. The SMILES string of the molecule is CCC(NCCC1CCCO1)c1ccc(Br)cc1. The minimum Gasteiger partial charge on any atom is -0.378 e. The highest BCUT2D eigenvalue weighted by Gasteiger charge is 2.15. The molecule has 1 heterocycles. The van der Waals surface area contributed by atoms with E-state index in [9.17, 15) is 0 Å². The molecule has 1 N–H and O–H groups in total. The lowest BCUT2D eigenvalue weighted by atomic mass is 10.0. The molecule has 2 unspecified atom stereocenters. The number of halogens is 1. The molecular formula is C15H22BrNO. The molecule has 1 aromatic rings. The summed E-state index contributed by atoms with van der Waals surface area (Å²) >= 11 is 3.48. The molecule has 1 aliphatic rings. The number of rotatable bonds is 6. The molecule has 1 saturated heterocycles. The van der Waals surface area contributed by atoms with E-state index in [0.29, 0.717) is 12.1 Å². The maximum absolute atomic E-state index is 5.64. The van der Waals surface area contributed by atoms with Gasteiger partial charge in [0.1, 0.15) is 0 Å². The van der Waals surface area contributed by atoms with Crippen molar-refractivity contribution in [1.29, 1.82) is 0 Å². The summed E-state index contributed by atoms with van der Waals surface area (Å²) in [7, 11) is 0. The third-order valence-electron chi connectivity index (χ3n) is 3.56. The Balaban J connectivity index is 1.79. The van der Waals surface area contributed by atoms with Crippen LogP contribution in [0.3, 0.4) is 0 Å². The Labute approximate surface area is 118 Å². The van der Waals surface area contributed by atoms with Crippen LogP contribution in [0.25, 0.3) is 0 Å². The molecular weight excluding hydrogens is 290 g/mol. The fourth-order valence-electron chi connectivity index (χ4n) is 2.48. The standard InChI is InChI=1S/C15H22BrNO/c1-2-15(12-5-7-13(16)8-6-12)17-10-9-14-4-3-11-18-14/h5-8,14-15,17H,2-4,9-11H2,1H3. The van der Waals surface area contributed by atoms with Crippen molar-refractivity contribution < 1.29 is 4.74 Å². The van der Waals surface area contributed by atoms with Gasteiger partial charge in [-0.15, -0.1) is 0 Å². The van der Waals surface area contributed by atoms with Crippen molar-refractivity contribution in [3.8, 4) is 0 Å². The Bertz CT molecular complexity index is 346. The molecule has 0 aliphatic carbocycles. The Hall–Kier alpha value is -0.380. The fourth-order valence-corrected chi connectivity index (χ4v) is 2.75. The molecule has 100 valence electrons. The van der Waals surface area contributed by atoms with Crippen LogP contribution in [0.5, 0.6) is 0 Å². The van der Waals surface area contributed by atoms with E-state index in [1.807, 2.05) is 0 Å². The number of hydrogen-bond donors (Lipinski definition) is 1. The van der Waals surface area contributed by atoms with Gasteiger partial charge in [0, 0.05) is 17.1 Å². The molecule has 2 nitrogen and oxygen atoms in total. The van der Waals surface area contributed by atoms with Crippen molar-refractivity contribution in [2.45, 2.75) is 44.8 Å². The molecule has 0 radical (unpaired) electrons. The summed E-state index contributed by atoms with van der Waals surface area (Å²) in [5.74, 6) is 0. The van der Waals surface area contributed by atoms with Crippen LogP contribution in [-0.2, 0) is 4.74 Å². The van der Waals surface area contributed by atoms with Crippen molar-refractivity contribution >= 4 is 15.9 Å². The van der Waals surface area contributed by atoms with Crippen LogP contribution in [0.15, 0.2) is 28.7 Å². The highest BCUT2D eigenvalue weighted by Crippen LogP contribution is 2.20. The van der Waals surface area contributed by atoms with Crippen molar-refractivity contribution in [3.05, 3.63) is 34.3 Å². The van der Waals surface area contributed by atoms with E-state index in [1.165, 1.54) is 18.4 Å². The summed E-state index contributed by atoms with van der Waals surface area (Å²) in [6.07, 6.45) is 5.20. The lowest BCUT2D eigenvalue weighted by Gasteiger charge is -2.19. The highest BCUT2D eigenvalue weighted by atomic mass is 79.9. The lowest BCUT2D eigenvalue weighted by molar-refractivity contribution is 0.103. The minimum absolute atomic E-state index is 0.458. The summed E-state index contributed by atoms with van der Waals surface area (Å²) in [5, 5.41) is 3.64. The molecule has 0 amide bonds. The van der Waals surface area contributed by atoms with Gasteiger partial charge in [-0.3, -0.25) is 0 Å². The summed E-state index contributed by atoms with van der Waals surface area (Å²) in [6.45, 7) is 4.22. The van der Waals surface area contributed by atoms with Gasteiger partial charge < -0.3 is 10.1 Å². The van der Waals surface area contributed by atoms with E-state index < -0.39 is 0 Å². The molecule has 2 rings (SSSR count). The third kappa shape index (κ3) is 4.08. The van der Waals surface area contributed by atoms with Crippen LogP contribution in [0.2, 0.25) is 0 Å². The van der Waals surface area contributed by atoms with Gasteiger partial charge in [0.05, 0.1) is 6.10 Å². The van der Waals surface area contributed by atoms with Crippen LogP contribution in [0.4, 0.5) is 0 Å². The summed E-state index contributed by atoms with van der Waals surface area (Å²) < 4.78 is 6.78. The molecule has 0 saturated carbocycles. The van der Waals surface area contributed by atoms with Crippen molar-refractivity contribution in [2.75, 3.05) is 13.2 Å². The maximum atomic E-state index is 5.64. The first-order valence-electron chi connectivity index (χ1n) is 6.90. The molecule has 0 bridgehead atoms. The van der Waals surface area contributed by atoms with Crippen LogP contribution in [-0.4, -0.2) is 19.3 Å². The second-order valence-corrected chi connectivity index (χ2v) is 5.81. The predicted molar refractivity (Wildman–Crippen MR) is 78.8 cm³/mol. The molecule has 1 fully saturated rings. The highest BCUT2D eigenvalue weighted by molar-refractivity contribution is 9.10. The fraction of sp³-hybridized carbons (Fsp3) is 0.600. The topological polar surface area (TPSA) is 21.3 Å². The van der Waals surface area contributed by atoms with Crippen LogP contribution >= 0.6 is 15.9 Å². The number of nitrogens with one attached hydrogen (secondary N) is 1. The zero-order chi connectivity index (χ0) is 12.8. The largest absolute Gasteiger partial charge is 0.378 e. The average Bonchev–Trinajstić information content (AvgIpc) is 2.89. The Morgan fingerprint density at radius 3 is 2.78 bits per heavy atom. The molecule has 3 heteroatoms. The lowest BCUT2D eigenvalue weighted by Crippen LogP contribution is -2.24. The van der Waals surface area contributed by atoms with E-state index in [4.69, 9.17) is 4.74 Å². The third-order valence-corrected chi connectivity index (χ3v) is 4.09. The first kappa shape index (κ1) is 14.0. The molecule has 1 aromatic carbocycles. The van der Waals surface area contributed by atoms with Gasteiger partial charge in [0.15, 0.2) is 0 Å². The Morgan fingerprint density at radius 2 is 2.17 bits per heavy atom. The van der Waals surface area contributed by atoms with E-state index >= 15 is 0 Å². The zero-order valence-electron chi connectivity index (χ0n) is 11.0. The van der Waals surface area contributed by atoms with Crippen LogP contribution in [0.1, 0.15) is 44.2 Å². The maximum Gasteiger partial charge on any atom is 0.0588 e. The van der Waals surface area contributed by atoms with Gasteiger partial charge in [-0.1, -0.05) is 35.0 Å². The molecule has 2 atom stereocenters. The second-order valence-electron chi connectivity index (χ2n) is 4.89. The van der Waals surface area contributed by atoms with E-state index in [2.05, 4.69) is 52.4 Å². The number of ether oxygens (including phenoxy) is 1. The Morgan fingerprint density at radius 1 is 1.39 bits per heavy atom. The molecule has 0 spiro atoms. The van der Waals surface area contributed by atoms with Crippen LogP contribution in [0, 0.1) is 0 Å². The van der Waals surface area contributed by atoms with Gasteiger partial charge >= 0.3 is 0 Å². The summed E-state index contributed by atoms with van der Waals surface area (Å²) in [5.41, 5.74) is 1.37. The first-order chi connectivity index (χ1) is 8.79. The van der Waals surface area contributed by atoms with Gasteiger partial charge in [0.2, 0.25) is 0 Å². The van der Waals surface area contributed by atoms with E-state index in [-0.39, 0.29) is 0 Å². The normalized spacial score (nSPS) is 21.1. The molecule has 1 aliphatic heterocycles. The quantitative estimate of drug-likeness (QED) is 0.855. The predicted octanol–water partition coefficient (Wildman–Crippen LogP) is 4.06.